The van der Waals surface area contributed by atoms with Gasteiger partial charge in [0.2, 0.25) is 5.91 Å². The summed E-state index contributed by atoms with van der Waals surface area (Å²) < 4.78 is 5.81. The van der Waals surface area contributed by atoms with E-state index in [1.54, 1.807) is 0 Å². The molecule has 3 atom stereocenters. The minimum atomic E-state index is 0.0122. The quantitative estimate of drug-likeness (QED) is 0.716. The smallest absolute Gasteiger partial charge is 0.224 e. The number of rotatable bonds is 5. The lowest BCUT2D eigenvalue weighted by Crippen LogP contribution is -2.50. The number of ether oxygens (including phenoxy) is 1. The molecule has 2 rings (SSSR count). The van der Waals surface area contributed by atoms with Gasteiger partial charge in [-0.2, -0.15) is 0 Å². The molecular weight excluding hydrogens is 230 g/mol. The number of carbonyl (C=O) groups is 1. The number of morpholine rings is 1. The molecule has 5 nitrogen and oxygen atoms in total. The first-order chi connectivity index (χ1) is 8.70. The SMILES string of the molecule is CNCC(C)C(=O)NCC1CN2CCCC2CO1. The molecule has 1 amide bonds. The lowest BCUT2D eigenvalue weighted by atomic mass is 10.1. The molecule has 0 radical (unpaired) electrons. The van der Waals surface area contributed by atoms with Crippen molar-refractivity contribution in [2.75, 3.05) is 39.8 Å². The van der Waals surface area contributed by atoms with E-state index in [0.717, 1.165) is 13.2 Å². The second kappa shape index (κ2) is 6.50. The van der Waals surface area contributed by atoms with E-state index in [0.29, 0.717) is 19.1 Å². The van der Waals surface area contributed by atoms with Crippen LogP contribution in [0.2, 0.25) is 0 Å². The van der Waals surface area contributed by atoms with Gasteiger partial charge in [0, 0.05) is 31.6 Å². The van der Waals surface area contributed by atoms with Gasteiger partial charge in [0.05, 0.1) is 12.7 Å². The lowest BCUT2D eigenvalue weighted by molar-refractivity contribution is -0.125. The van der Waals surface area contributed by atoms with Crippen LogP contribution in [0, 0.1) is 5.92 Å². The van der Waals surface area contributed by atoms with Gasteiger partial charge in [0.1, 0.15) is 0 Å². The molecule has 0 saturated carbocycles. The number of fused-ring (bicyclic) bond motifs is 1. The lowest BCUT2D eigenvalue weighted by Gasteiger charge is -2.35. The van der Waals surface area contributed by atoms with Crippen LogP contribution in [0.1, 0.15) is 19.8 Å². The molecule has 0 aromatic rings. The van der Waals surface area contributed by atoms with E-state index in [2.05, 4.69) is 15.5 Å². The molecule has 0 spiro atoms. The van der Waals surface area contributed by atoms with Gasteiger partial charge >= 0.3 is 0 Å². The molecule has 0 aromatic carbocycles. The Hall–Kier alpha value is -0.650. The van der Waals surface area contributed by atoms with Crippen LogP contribution < -0.4 is 10.6 Å². The second-order valence-corrected chi connectivity index (χ2v) is 5.45. The first-order valence-corrected chi connectivity index (χ1v) is 6.98. The Bertz CT molecular complexity index is 285. The van der Waals surface area contributed by atoms with E-state index in [1.165, 1.54) is 19.4 Å². The van der Waals surface area contributed by atoms with Crippen LogP contribution in [0.3, 0.4) is 0 Å². The minimum Gasteiger partial charge on any atom is -0.373 e. The Labute approximate surface area is 109 Å². The average Bonchev–Trinajstić information content (AvgIpc) is 2.83. The van der Waals surface area contributed by atoms with Crippen molar-refractivity contribution in [1.29, 1.82) is 0 Å². The zero-order chi connectivity index (χ0) is 13.0. The van der Waals surface area contributed by atoms with Gasteiger partial charge in [-0.05, 0) is 26.4 Å². The third kappa shape index (κ3) is 3.43. The maximum atomic E-state index is 11.8. The van der Waals surface area contributed by atoms with Gasteiger partial charge in [0.25, 0.3) is 0 Å². The van der Waals surface area contributed by atoms with Crippen molar-refractivity contribution in [3.8, 4) is 0 Å². The van der Waals surface area contributed by atoms with E-state index >= 15 is 0 Å². The molecule has 0 aromatic heterocycles. The molecule has 0 bridgehead atoms. The zero-order valence-electron chi connectivity index (χ0n) is 11.4. The van der Waals surface area contributed by atoms with Crippen molar-refractivity contribution in [1.82, 2.24) is 15.5 Å². The summed E-state index contributed by atoms with van der Waals surface area (Å²) in [6.45, 7) is 6.26. The number of hydrogen-bond donors (Lipinski definition) is 2. The number of carbonyl (C=O) groups excluding carboxylic acids is 1. The molecule has 5 heteroatoms. The topological polar surface area (TPSA) is 53.6 Å². The van der Waals surface area contributed by atoms with Crippen LogP contribution in [0.4, 0.5) is 0 Å². The standard InChI is InChI=1S/C13H25N3O2/c1-10(6-14-2)13(17)15-7-12-8-16-5-3-4-11(16)9-18-12/h10-12,14H,3-9H2,1-2H3,(H,15,17). The molecule has 0 aliphatic carbocycles. The minimum absolute atomic E-state index is 0.0122. The number of hydrogen-bond acceptors (Lipinski definition) is 4. The van der Waals surface area contributed by atoms with Gasteiger partial charge in [0.15, 0.2) is 0 Å². The molecule has 18 heavy (non-hydrogen) atoms. The molecule has 3 unspecified atom stereocenters. The summed E-state index contributed by atoms with van der Waals surface area (Å²) in [5.41, 5.74) is 0. The largest absolute Gasteiger partial charge is 0.373 e. The van der Waals surface area contributed by atoms with Crippen LogP contribution >= 0.6 is 0 Å². The fraction of sp³-hybridized carbons (Fsp3) is 0.923. The molecule has 104 valence electrons. The van der Waals surface area contributed by atoms with Gasteiger partial charge in [-0.1, -0.05) is 6.92 Å². The summed E-state index contributed by atoms with van der Waals surface area (Å²) in [7, 11) is 1.86. The second-order valence-electron chi connectivity index (χ2n) is 5.45. The van der Waals surface area contributed by atoms with Crippen LogP contribution in [-0.2, 0) is 9.53 Å². The summed E-state index contributed by atoms with van der Waals surface area (Å²) in [5.74, 6) is 0.120. The third-order valence-electron chi connectivity index (χ3n) is 3.92. The Kier molecular flexibility index (Phi) is 4.97. The Balaban J connectivity index is 1.69. The van der Waals surface area contributed by atoms with Crippen LogP contribution in [0.5, 0.6) is 0 Å². The number of amides is 1. The Morgan fingerprint density at radius 1 is 1.56 bits per heavy atom. The highest BCUT2D eigenvalue weighted by atomic mass is 16.5. The van der Waals surface area contributed by atoms with Gasteiger partial charge < -0.3 is 15.4 Å². The summed E-state index contributed by atoms with van der Waals surface area (Å²) in [5, 5.41) is 6.00. The molecular formula is C13H25N3O2. The van der Waals surface area contributed by atoms with E-state index in [-0.39, 0.29) is 17.9 Å². The van der Waals surface area contributed by atoms with Crippen molar-refractivity contribution in [2.24, 2.45) is 5.92 Å². The summed E-state index contributed by atoms with van der Waals surface area (Å²) in [6, 6.07) is 0.625. The summed E-state index contributed by atoms with van der Waals surface area (Å²) in [6.07, 6.45) is 2.70. The average molecular weight is 255 g/mol. The number of nitrogens with zero attached hydrogens (tertiary/aromatic N) is 1. The number of nitrogens with one attached hydrogen (secondary N) is 2. The zero-order valence-corrected chi connectivity index (χ0v) is 11.4. The molecule has 2 fully saturated rings. The molecule has 2 heterocycles. The summed E-state index contributed by atoms with van der Waals surface area (Å²) in [4.78, 5) is 14.3. The highest BCUT2D eigenvalue weighted by Gasteiger charge is 2.32. The summed E-state index contributed by atoms with van der Waals surface area (Å²) >= 11 is 0. The van der Waals surface area contributed by atoms with Crippen molar-refractivity contribution in [3.05, 3.63) is 0 Å². The first-order valence-electron chi connectivity index (χ1n) is 6.98. The first kappa shape index (κ1) is 13.8. The van der Waals surface area contributed by atoms with Crippen molar-refractivity contribution < 1.29 is 9.53 Å². The predicted molar refractivity (Wildman–Crippen MR) is 70.4 cm³/mol. The van der Waals surface area contributed by atoms with Crippen LogP contribution in [-0.4, -0.2) is 62.8 Å². The van der Waals surface area contributed by atoms with Crippen LogP contribution in [0.25, 0.3) is 0 Å². The third-order valence-corrected chi connectivity index (χ3v) is 3.92. The normalized spacial score (nSPS) is 29.9. The fourth-order valence-electron chi connectivity index (χ4n) is 2.80. The van der Waals surface area contributed by atoms with E-state index < -0.39 is 0 Å². The molecule has 2 saturated heterocycles. The molecule has 2 aliphatic rings. The monoisotopic (exact) mass is 255 g/mol. The fourth-order valence-corrected chi connectivity index (χ4v) is 2.80. The maximum Gasteiger partial charge on any atom is 0.224 e. The van der Waals surface area contributed by atoms with Crippen molar-refractivity contribution in [3.63, 3.8) is 0 Å². The Morgan fingerprint density at radius 3 is 3.17 bits per heavy atom. The van der Waals surface area contributed by atoms with Crippen molar-refractivity contribution >= 4 is 5.91 Å². The van der Waals surface area contributed by atoms with Gasteiger partial charge in [-0.3, -0.25) is 9.69 Å². The highest BCUT2D eigenvalue weighted by molar-refractivity contribution is 5.78. The highest BCUT2D eigenvalue weighted by Crippen LogP contribution is 2.22. The Morgan fingerprint density at radius 2 is 2.39 bits per heavy atom. The van der Waals surface area contributed by atoms with Crippen LogP contribution in [0.15, 0.2) is 0 Å². The van der Waals surface area contributed by atoms with E-state index in [1.807, 2.05) is 14.0 Å². The predicted octanol–water partition coefficient (Wildman–Crippen LogP) is -0.179. The molecule has 2 aliphatic heterocycles. The molecule has 2 N–H and O–H groups in total. The van der Waals surface area contributed by atoms with Gasteiger partial charge in [-0.15, -0.1) is 0 Å². The van der Waals surface area contributed by atoms with E-state index in [4.69, 9.17) is 4.74 Å². The van der Waals surface area contributed by atoms with Crippen molar-refractivity contribution in [2.45, 2.75) is 31.9 Å². The maximum absolute atomic E-state index is 11.8. The van der Waals surface area contributed by atoms with E-state index in [9.17, 15) is 4.79 Å². The van der Waals surface area contributed by atoms with Gasteiger partial charge in [-0.25, -0.2) is 0 Å².